The molecule has 0 spiro atoms. The van der Waals surface area contributed by atoms with Crippen LogP contribution in [-0.2, 0) is 10.0 Å². The second kappa shape index (κ2) is 6.94. The summed E-state index contributed by atoms with van der Waals surface area (Å²) in [5.74, 6) is 0.231. The van der Waals surface area contributed by atoms with Gasteiger partial charge in [-0.3, -0.25) is 10.1 Å². The fraction of sp³-hybridized carbons (Fsp3) is 0.600. The molecule has 23 heavy (non-hydrogen) atoms. The van der Waals surface area contributed by atoms with Gasteiger partial charge in [0.2, 0.25) is 10.0 Å². The van der Waals surface area contributed by atoms with Crippen molar-refractivity contribution in [2.24, 2.45) is 11.7 Å². The van der Waals surface area contributed by atoms with E-state index in [0.29, 0.717) is 11.1 Å². The summed E-state index contributed by atoms with van der Waals surface area (Å²) in [5, 5.41) is 11.0. The molecule has 128 valence electrons. The predicted octanol–water partition coefficient (Wildman–Crippen LogP) is 2.01. The van der Waals surface area contributed by atoms with E-state index in [1.54, 1.807) is 13.8 Å². The highest BCUT2D eigenvalue weighted by Crippen LogP contribution is 2.30. The molecule has 0 saturated heterocycles. The molecule has 7 nitrogen and oxygen atoms in total. The number of nitrogens with one attached hydrogen (secondary N) is 1. The van der Waals surface area contributed by atoms with Crippen LogP contribution >= 0.6 is 0 Å². The smallest absolute Gasteiger partial charge is 0.271 e. The summed E-state index contributed by atoms with van der Waals surface area (Å²) < 4.78 is 28.1. The Morgan fingerprint density at radius 1 is 1.35 bits per heavy atom. The third-order valence-electron chi connectivity index (χ3n) is 4.63. The van der Waals surface area contributed by atoms with Crippen molar-refractivity contribution in [2.75, 3.05) is 6.54 Å². The van der Waals surface area contributed by atoms with Crippen LogP contribution in [0.1, 0.15) is 36.8 Å². The van der Waals surface area contributed by atoms with Crippen molar-refractivity contribution in [2.45, 2.75) is 50.5 Å². The van der Waals surface area contributed by atoms with Crippen LogP contribution in [0.5, 0.6) is 0 Å². The molecule has 1 unspecified atom stereocenters. The third kappa shape index (κ3) is 3.88. The quantitative estimate of drug-likeness (QED) is 0.606. The molecule has 0 aliphatic heterocycles. The summed E-state index contributed by atoms with van der Waals surface area (Å²) in [7, 11) is -3.85. The number of benzene rings is 1. The van der Waals surface area contributed by atoms with E-state index in [9.17, 15) is 18.5 Å². The summed E-state index contributed by atoms with van der Waals surface area (Å²) in [6.45, 7) is 3.54. The van der Waals surface area contributed by atoms with E-state index in [4.69, 9.17) is 5.73 Å². The lowest BCUT2D eigenvalue weighted by molar-refractivity contribution is -0.385. The Hall–Kier alpha value is -1.51. The zero-order valence-corrected chi connectivity index (χ0v) is 14.2. The zero-order valence-electron chi connectivity index (χ0n) is 13.4. The minimum absolute atomic E-state index is 0.0411. The molecule has 0 amide bonds. The molecule has 2 rings (SSSR count). The minimum Gasteiger partial charge on any atom is -0.329 e. The molecular weight excluding hydrogens is 318 g/mol. The topological polar surface area (TPSA) is 115 Å². The van der Waals surface area contributed by atoms with Crippen LogP contribution in [0, 0.1) is 29.9 Å². The number of nitrogens with zero attached hydrogens (tertiary/aromatic N) is 1. The van der Waals surface area contributed by atoms with E-state index < -0.39 is 14.9 Å². The van der Waals surface area contributed by atoms with Gasteiger partial charge in [-0.2, -0.15) is 0 Å². The number of sulfonamides is 1. The summed E-state index contributed by atoms with van der Waals surface area (Å²) in [6.07, 6.45) is 4.07. The Kier molecular flexibility index (Phi) is 5.38. The highest BCUT2D eigenvalue weighted by molar-refractivity contribution is 7.89. The van der Waals surface area contributed by atoms with Crippen LogP contribution in [0.3, 0.4) is 0 Å². The molecule has 1 aliphatic carbocycles. The largest absolute Gasteiger partial charge is 0.329 e. The van der Waals surface area contributed by atoms with E-state index in [2.05, 4.69) is 4.72 Å². The lowest BCUT2D eigenvalue weighted by Gasteiger charge is -2.23. The number of aryl methyl sites for hydroxylation is 1. The maximum Gasteiger partial charge on any atom is 0.271 e. The van der Waals surface area contributed by atoms with Gasteiger partial charge < -0.3 is 5.73 Å². The maximum atomic E-state index is 12.7. The van der Waals surface area contributed by atoms with Crippen LogP contribution in [0.4, 0.5) is 5.69 Å². The first kappa shape index (κ1) is 17.8. The predicted molar refractivity (Wildman–Crippen MR) is 87.7 cm³/mol. The average Bonchev–Trinajstić information content (AvgIpc) is 3.01. The molecule has 1 saturated carbocycles. The van der Waals surface area contributed by atoms with Crippen molar-refractivity contribution in [1.82, 2.24) is 4.72 Å². The van der Waals surface area contributed by atoms with Gasteiger partial charge in [0.05, 0.1) is 9.82 Å². The second-order valence-corrected chi connectivity index (χ2v) is 7.83. The first-order chi connectivity index (χ1) is 10.8. The third-order valence-corrected chi connectivity index (χ3v) is 6.25. The summed E-state index contributed by atoms with van der Waals surface area (Å²) in [6, 6.07) is 2.17. The van der Waals surface area contributed by atoms with Gasteiger partial charge in [0.1, 0.15) is 0 Å². The Labute approximate surface area is 136 Å². The van der Waals surface area contributed by atoms with Gasteiger partial charge in [0.15, 0.2) is 0 Å². The molecule has 1 aliphatic rings. The van der Waals surface area contributed by atoms with Crippen molar-refractivity contribution in [3.63, 3.8) is 0 Å². The molecule has 3 N–H and O–H groups in total. The second-order valence-electron chi connectivity index (χ2n) is 6.15. The van der Waals surface area contributed by atoms with E-state index in [-0.39, 0.29) is 29.1 Å². The SMILES string of the molecule is Cc1cc([N+](=O)[O-])cc(S(=O)(=O)NC(CN)C2CCCC2)c1C. The molecular formula is C15H23N3O4S. The minimum atomic E-state index is -3.85. The van der Waals surface area contributed by atoms with Gasteiger partial charge in [0.25, 0.3) is 5.69 Å². The van der Waals surface area contributed by atoms with Crippen molar-refractivity contribution >= 4 is 15.7 Å². The van der Waals surface area contributed by atoms with Crippen LogP contribution in [0.2, 0.25) is 0 Å². The van der Waals surface area contributed by atoms with E-state index in [0.717, 1.165) is 31.7 Å². The molecule has 0 radical (unpaired) electrons. The zero-order chi connectivity index (χ0) is 17.2. The maximum absolute atomic E-state index is 12.7. The molecule has 1 aromatic carbocycles. The van der Waals surface area contributed by atoms with Crippen LogP contribution in [-0.4, -0.2) is 25.9 Å². The highest BCUT2D eigenvalue weighted by atomic mass is 32.2. The van der Waals surface area contributed by atoms with Gasteiger partial charge in [-0.1, -0.05) is 12.8 Å². The Morgan fingerprint density at radius 3 is 2.48 bits per heavy atom. The molecule has 1 fully saturated rings. The van der Waals surface area contributed by atoms with Gasteiger partial charge in [-0.05, 0) is 43.7 Å². The van der Waals surface area contributed by atoms with Gasteiger partial charge >= 0.3 is 0 Å². The van der Waals surface area contributed by atoms with Gasteiger partial charge in [-0.25, -0.2) is 13.1 Å². The number of hydrogen-bond acceptors (Lipinski definition) is 5. The first-order valence-electron chi connectivity index (χ1n) is 7.74. The van der Waals surface area contributed by atoms with Crippen LogP contribution < -0.4 is 10.5 Å². The fourth-order valence-electron chi connectivity index (χ4n) is 3.15. The highest BCUT2D eigenvalue weighted by Gasteiger charge is 2.30. The summed E-state index contributed by atoms with van der Waals surface area (Å²) in [5.41, 5.74) is 6.62. The van der Waals surface area contributed by atoms with Crippen molar-refractivity contribution in [1.29, 1.82) is 0 Å². The number of nitrogens with two attached hydrogens (primary N) is 1. The Balaban J connectivity index is 2.36. The standard InChI is InChI=1S/C15H23N3O4S/c1-10-7-13(18(19)20)8-15(11(10)2)23(21,22)17-14(9-16)12-5-3-4-6-12/h7-8,12,14,17H,3-6,9,16H2,1-2H3. The molecule has 0 bridgehead atoms. The first-order valence-corrected chi connectivity index (χ1v) is 9.22. The number of nitro groups is 1. The number of non-ortho nitro benzene ring substituents is 1. The van der Waals surface area contributed by atoms with Gasteiger partial charge in [-0.15, -0.1) is 0 Å². The van der Waals surface area contributed by atoms with Crippen molar-refractivity contribution in [3.8, 4) is 0 Å². The van der Waals surface area contributed by atoms with Crippen molar-refractivity contribution < 1.29 is 13.3 Å². The normalized spacial score (nSPS) is 17.3. The molecule has 0 heterocycles. The number of hydrogen-bond donors (Lipinski definition) is 2. The van der Waals surface area contributed by atoms with Crippen LogP contribution in [0.15, 0.2) is 17.0 Å². The monoisotopic (exact) mass is 341 g/mol. The molecule has 1 atom stereocenters. The van der Waals surface area contributed by atoms with E-state index in [1.165, 1.54) is 6.07 Å². The Morgan fingerprint density at radius 2 is 1.96 bits per heavy atom. The number of rotatable bonds is 6. The average molecular weight is 341 g/mol. The van der Waals surface area contributed by atoms with E-state index in [1.807, 2.05) is 0 Å². The Bertz CT molecular complexity index is 697. The lowest BCUT2D eigenvalue weighted by Crippen LogP contribution is -2.44. The molecule has 0 aromatic heterocycles. The van der Waals surface area contributed by atoms with Crippen LogP contribution in [0.25, 0.3) is 0 Å². The summed E-state index contributed by atoms with van der Waals surface area (Å²) >= 11 is 0. The van der Waals surface area contributed by atoms with Gasteiger partial charge in [0, 0.05) is 24.7 Å². The van der Waals surface area contributed by atoms with E-state index >= 15 is 0 Å². The van der Waals surface area contributed by atoms with Crippen molar-refractivity contribution in [3.05, 3.63) is 33.4 Å². The number of nitro benzene ring substituents is 1. The summed E-state index contributed by atoms with van der Waals surface area (Å²) in [4.78, 5) is 10.4. The molecule has 1 aromatic rings. The fourth-order valence-corrected chi connectivity index (χ4v) is 4.81. The molecule has 8 heteroatoms. The lowest BCUT2D eigenvalue weighted by atomic mass is 9.99.